The molecule has 0 spiro atoms. The molecule has 3 nitrogen and oxygen atoms in total. The van der Waals surface area contributed by atoms with Crippen LogP contribution in [0.2, 0.25) is 0 Å². The third kappa shape index (κ3) is 3.37. The Morgan fingerprint density at radius 2 is 1.88 bits per heavy atom. The number of benzene rings is 1. The van der Waals surface area contributed by atoms with Crippen molar-refractivity contribution in [1.29, 1.82) is 0 Å². The van der Waals surface area contributed by atoms with E-state index in [-0.39, 0.29) is 12.2 Å². The first kappa shape index (κ1) is 12.2. The maximum atomic E-state index is 9.67. The molecular weight excluding hydrogens is 216 g/mol. The van der Waals surface area contributed by atoms with Gasteiger partial charge in [-0.15, -0.1) is 0 Å². The van der Waals surface area contributed by atoms with Crippen molar-refractivity contribution in [2.24, 2.45) is 0 Å². The summed E-state index contributed by atoms with van der Waals surface area (Å²) in [5.74, 6) is 1.67. The van der Waals surface area contributed by atoms with Gasteiger partial charge in [-0.05, 0) is 49.9 Å². The van der Waals surface area contributed by atoms with Gasteiger partial charge in [0, 0.05) is 0 Å². The maximum absolute atomic E-state index is 9.67. The maximum Gasteiger partial charge on any atom is 0.124 e. The number of hydrogen-bond donors (Lipinski definition) is 1. The largest absolute Gasteiger partial charge is 0.494 e. The molecule has 2 unspecified atom stereocenters. The Hall–Kier alpha value is -1.22. The first-order valence-corrected chi connectivity index (χ1v) is 6.37. The second-order valence-corrected chi connectivity index (χ2v) is 4.47. The molecule has 0 radical (unpaired) electrons. The van der Waals surface area contributed by atoms with E-state index in [1.54, 1.807) is 0 Å². The number of aliphatic hydroxyl groups is 1. The Balaban J connectivity index is 1.89. The van der Waals surface area contributed by atoms with Gasteiger partial charge in [-0.3, -0.25) is 0 Å². The molecule has 2 rings (SSSR count). The summed E-state index contributed by atoms with van der Waals surface area (Å²) in [6, 6.07) is 7.62. The van der Waals surface area contributed by atoms with Gasteiger partial charge in [-0.25, -0.2) is 0 Å². The average Bonchev–Trinajstić information content (AvgIpc) is 2.74. The van der Waals surface area contributed by atoms with E-state index in [1.165, 1.54) is 0 Å². The van der Waals surface area contributed by atoms with Crippen molar-refractivity contribution >= 4 is 0 Å². The highest BCUT2D eigenvalue weighted by atomic mass is 16.5. The third-order valence-corrected chi connectivity index (χ3v) is 3.00. The highest BCUT2D eigenvalue weighted by molar-refractivity contribution is 5.31. The molecule has 1 aromatic rings. The van der Waals surface area contributed by atoms with Crippen molar-refractivity contribution in [3.63, 3.8) is 0 Å². The van der Waals surface area contributed by atoms with Crippen molar-refractivity contribution in [2.75, 3.05) is 6.61 Å². The van der Waals surface area contributed by atoms with E-state index < -0.39 is 0 Å². The monoisotopic (exact) mass is 236 g/mol. The van der Waals surface area contributed by atoms with Crippen molar-refractivity contribution in [3.8, 4) is 11.5 Å². The van der Waals surface area contributed by atoms with Crippen LogP contribution in [0, 0.1) is 0 Å². The Bertz CT molecular complexity index is 334. The van der Waals surface area contributed by atoms with Gasteiger partial charge >= 0.3 is 0 Å². The van der Waals surface area contributed by atoms with Gasteiger partial charge in [0.15, 0.2) is 0 Å². The summed E-state index contributed by atoms with van der Waals surface area (Å²) in [4.78, 5) is 0. The lowest BCUT2D eigenvalue weighted by Crippen LogP contribution is -2.25. The summed E-state index contributed by atoms with van der Waals surface area (Å²) in [6.45, 7) is 2.82. The van der Waals surface area contributed by atoms with Crippen LogP contribution in [0.5, 0.6) is 11.5 Å². The van der Waals surface area contributed by atoms with Crippen molar-refractivity contribution < 1.29 is 14.6 Å². The predicted molar refractivity (Wildman–Crippen MR) is 66.5 cm³/mol. The van der Waals surface area contributed by atoms with Gasteiger partial charge in [-0.2, -0.15) is 0 Å². The van der Waals surface area contributed by atoms with Crippen molar-refractivity contribution in [3.05, 3.63) is 24.3 Å². The van der Waals surface area contributed by atoms with E-state index in [0.29, 0.717) is 0 Å². The van der Waals surface area contributed by atoms with E-state index in [4.69, 9.17) is 9.47 Å². The van der Waals surface area contributed by atoms with Crippen LogP contribution in [0.15, 0.2) is 24.3 Å². The Labute approximate surface area is 102 Å². The molecule has 0 saturated heterocycles. The molecule has 1 N–H and O–H groups in total. The van der Waals surface area contributed by atoms with Crippen molar-refractivity contribution in [2.45, 2.75) is 44.8 Å². The molecule has 0 heterocycles. The molecule has 1 saturated carbocycles. The highest BCUT2D eigenvalue weighted by Gasteiger charge is 2.26. The molecule has 94 valence electrons. The van der Waals surface area contributed by atoms with Gasteiger partial charge in [0.05, 0.1) is 12.7 Å². The average molecular weight is 236 g/mol. The second kappa shape index (κ2) is 5.92. The molecule has 2 atom stereocenters. The zero-order chi connectivity index (χ0) is 12.1. The Kier molecular flexibility index (Phi) is 4.26. The fourth-order valence-corrected chi connectivity index (χ4v) is 2.05. The van der Waals surface area contributed by atoms with Gasteiger partial charge < -0.3 is 14.6 Å². The summed E-state index contributed by atoms with van der Waals surface area (Å²) < 4.78 is 11.2. The first-order chi connectivity index (χ1) is 8.29. The molecule has 0 amide bonds. The molecule has 0 bridgehead atoms. The minimum Gasteiger partial charge on any atom is -0.494 e. The minimum atomic E-state index is -0.314. The smallest absolute Gasteiger partial charge is 0.124 e. The summed E-state index contributed by atoms with van der Waals surface area (Å²) in [5, 5.41) is 9.67. The van der Waals surface area contributed by atoms with Gasteiger partial charge in [0.2, 0.25) is 0 Å². The fourth-order valence-electron chi connectivity index (χ4n) is 2.05. The van der Waals surface area contributed by atoms with Crippen LogP contribution in [0.1, 0.15) is 32.6 Å². The van der Waals surface area contributed by atoms with Gasteiger partial charge in [-0.1, -0.05) is 6.92 Å². The van der Waals surface area contributed by atoms with Crippen LogP contribution in [-0.4, -0.2) is 23.9 Å². The minimum absolute atomic E-state index is 0.0441. The van der Waals surface area contributed by atoms with Crippen LogP contribution in [0.25, 0.3) is 0 Å². The van der Waals surface area contributed by atoms with E-state index in [9.17, 15) is 5.11 Å². The quantitative estimate of drug-likeness (QED) is 0.854. The lowest BCUT2D eigenvalue weighted by Gasteiger charge is -2.17. The van der Waals surface area contributed by atoms with Gasteiger partial charge in [0.1, 0.15) is 17.6 Å². The molecule has 0 aromatic heterocycles. The Morgan fingerprint density at radius 1 is 1.18 bits per heavy atom. The number of rotatable bonds is 5. The van der Waals surface area contributed by atoms with Crippen LogP contribution >= 0.6 is 0 Å². The lowest BCUT2D eigenvalue weighted by molar-refractivity contribution is 0.0603. The van der Waals surface area contributed by atoms with E-state index in [2.05, 4.69) is 6.92 Å². The second-order valence-electron chi connectivity index (χ2n) is 4.47. The Morgan fingerprint density at radius 3 is 2.47 bits per heavy atom. The van der Waals surface area contributed by atoms with Crippen LogP contribution in [-0.2, 0) is 0 Å². The van der Waals surface area contributed by atoms with E-state index >= 15 is 0 Å². The summed E-state index contributed by atoms with van der Waals surface area (Å²) >= 11 is 0. The highest BCUT2D eigenvalue weighted by Crippen LogP contribution is 2.25. The zero-order valence-corrected chi connectivity index (χ0v) is 10.3. The normalized spacial score (nSPS) is 23.6. The summed E-state index contributed by atoms with van der Waals surface area (Å²) in [7, 11) is 0. The summed E-state index contributed by atoms with van der Waals surface area (Å²) in [6.07, 6.45) is 3.48. The molecule has 1 aromatic carbocycles. The molecule has 1 aliphatic carbocycles. The lowest BCUT2D eigenvalue weighted by atomic mass is 10.2. The number of aliphatic hydroxyl groups excluding tert-OH is 1. The van der Waals surface area contributed by atoms with E-state index in [0.717, 1.165) is 43.8 Å². The van der Waals surface area contributed by atoms with Crippen LogP contribution < -0.4 is 9.47 Å². The molecule has 1 aliphatic rings. The van der Waals surface area contributed by atoms with Gasteiger partial charge in [0.25, 0.3) is 0 Å². The zero-order valence-electron chi connectivity index (χ0n) is 10.3. The number of ether oxygens (including phenoxy) is 2. The molecule has 0 aliphatic heterocycles. The van der Waals surface area contributed by atoms with Crippen LogP contribution in [0.4, 0.5) is 0 Å². The molecule has 1 fully saturated rings. The third-order valence-electron chi connectivity index (χ3n) is 3.00. The molecule has 17 heavy (non-hydrogen) atoms. The SMILES string of the molecule is CCCOc1ccc(OC2CCCC2O)cc1. The van der Waals surface area contributed by atoms with Crippen molar-refractivity contribution in [1.82, 2.24) is 0 Å². The first-order valence-electron chi connectivity index (χ1n) is 6.37. The predicted octanol–water partition coefficient (Wildman–Crippen LogP) is 2.77. The topological polar surface area (TPSA) is 38.7 Å². The fraction of sp³-hybridized carbons (Fsp3) is 0.571. The van der Waals surface area contributed by atoms with Crippen LogP contribution in [0.3, 0.4) is 0 Å². The molecule has 3 heteroatoms. The standard InChI is InChI=1S/C14H20O3/c1-2-10-16-11-6-8-12(9-7-11)17-14-5-3-4-13(14)15/h6-9,13-15H,2-5,10H2,1H3. The molecular formula is C14H20O3. The van der Waals surface area contributed by atoms with E-state index in [1.807, 2.05) is 24.3 Å². The number of hydrogen-bond acceptors (Lipinski definition) is 3. The summed E-state index contributed by atoms with van der Waals surface area (Å²) in [5.41, 5.74) is 0.